The van der Waals surface area contributed by atoms with Gasteiger partial charge < -0.3 is 0 Å². The van der Waals surface area contributed by atoms with Crippen LogP contribution in [0.3, 0.4) is 0 Å². The summed E-state index contributed by atoms with van der Waals surface area (Å²) in [7, 11) is 0. The highest BCUT2D eigenvalue weighted by Crippen LogP contribution is 2.12. The Kier molecular flexibility index (Phi) is 17.6. The maximum atomic E-state index is 11.3. The Hall–Kier alpha value is -0.260. The monoisotopic (exact) mass is 317 g/mol. The number of hydrazine groups is 1. The topological polar surface area (TPSA) is 67.2 Å². The van der Waals surface area contributed by atoms with Gasteiger partial charge in [-0.15, -0.1) is 0 Å². The fraction of sp³-hybridized carbons (Fsp3) is 0.938. The van der Waals surface area contributed by atoms with Gasteiger partial charge in [0.1, 0.15) is 0 Å². The second-order valence-electron chi connectivity index (χ2n) is 5.76. The van der Waals surface area contributed by atoms with Crippen LogP contribution in [0, 0.1) is 0 Å². The summed E-state index contributed by atoms with van der Waals surface area (Å²) in [5.74, 6) is 0.0241. The van der Waals surface area contributed by atoms with Crippen molar-refractivity contribution in [1.82, 2.24) is 10.3 Å². The van der Waals surface area contributed by atoms with E-state index in [4.69, 9.17) is 5.14 Å². The Morgan fingerprint density at radius 1 is 0.810 bits per heavy atom. The Balaban J connectivity index is 3.04. The number of carbonyl (C=O) groups is 1. The highest BCUT2D eigenvalue weighted by atomic mass is 32.2. The lowest BCUT2D eigenvalue weighted by Crippen LogP contribution is -2.33. The van der Waals surface area contributed by atoms with Crippen LogP contribution < -0.4 is 15.4 Å². The first-order valence-corrected chi connectivity index (χ1v) is 9.58. The van der Waals surface area contributed by atoms with Gasteiger partial charge in [0.15, 0.2) is 0 Å². The Labute approximate surface area is 135 Å². The predicted molar refractivity (Wildman–Crippen MR) is 93.4 cm³/mol. The van der Waals surface area contributed by atoms with Crippen LogP contribution in [0.4, 0.5) is 0 Å². The maximum absolute atomic E-state index is 11.3. The van der Waals surface area contributed by atoms with Crippen LogP contribution in [0.15, 0.2) is 0 Å². The SMILES string of the molecule is CCCCCCCCCCCCCCCC(=O)NNSN. The van der Waals surface area contributed by atoms with E-state index in [1.54, 1.807) is 0 Å². The van der Waals surface area contributed by atoms with Crippen LogP contribution in [0.2, 0.25) is 0 Å². The summed E-state index contributed by atoms with van der Waals surface area (Å²) in [5, 5.41) is 5.14. The summed E-state index contributed by atoms with van der Waals surface area (Å²) in [6, 6.07) is 0. The van der Waals surface area contributed by atoms with E-state index in [1.807, 2.05) is 0 Å². The van der Waals surface area contributed by atoms with Gasteiger partial charge in [0.25, 0.3) is 0 Å². The summed E-state index contributed by atoms with van der Waals surface area (Å²) in [4.78, 5) is 13.8. The van der Waals surface area contributed by atoms with E-state index in [0.717, 1.165) is 25.0 Å². The lowest BCUT2D eigenvalue weighted by molar-refractivity contribution is -0.121. The normalized spacial score (nSPS) is 10.8. The van der Waals surface area contributed by atoms with Crippen LogP contribution in [0.5, 0.6) is 0 Å². The molecule has 0 saturated carbocycles. The Morgan fingerprint density at radius 3 is 1.67 bits per heavy atom. The van der Waals surface area contributed by atoms with Gasteiger partial charge in [-0.2, -0.15) is 4.83 Å². The Bertz CT molecular complexity index is 228. The fourth-order valence-corrected chi connectivity index (χ4v) is 2.62. The number of hydrogen-bond donors (Lipinski definition) is 3. The van der Waals surface area contributed by atoms with Crippen molar-refractivity contribution in [3.8, 4) is 0 Å². The molecule has 0 aliphatic carbocycles. The molecule has 5 heteroatoms. The molecule has 126 valence electrons. The van der Waals surface area contributed by atoms with Gasteiger partial charge in [-0.25, -0.2) is 0 Å². The minimum Gasteiger partial charge on any atom is -0.281 e. The maximum Gasteiger partial charge on any atom is 0.234 e. The van der Waals surface area contributed by atoms with E-state index in [-0.39, 0.29) is 5.91 Å². The zero-order chi connectivity index (χ0) is 15.6. The molecule has 0 aromatic rings. The van der Waals surface area contributed by atoms with Crippen molar-refractivity contribution in [2.45, 2.75) is 96.8 Å². The zero-order valence-electron chi connectivity index (χ0n) is 13.8. The van der Waals surface area contributed by atoms with Crippen LogP contribution in [0.25, 0.3) is 0 Å². The number of unbranched alkanes of at least 4 members (excludes halogenated alkanes) is 12. The molecule has 0 saturated heterocycles. The molecule has 0 fully saturated rings. The fourth-order valence-electron chi connectivity index (χ4n) is 2.45. The van der Waals surface area contributed by atoms with Gasteiger partial charge in [0, 0.05) is 18.6 Å². The quantitative estimate of drug-likeness (QED) is 0.221. The molecule has 4 nitrogen and oxygen atoms in total. The zero-order valence-corrected chi connectivity index (χ0v) is 14.6. The van der Waals surface area contributed by atoms with Gasteiger partial charge in [0.2, 0.25) is 5.91 Å². The summed E-state index contributed by atoms with van der Waals surface area (Å²) >= 11 is 0.910. The molecule has 0 unspecified atom stereocenters. The molecule has 0 bridgehead atoms. The van der Waals surface area contributed by atoms with Crippen molar-refractivity contribution < 1.29 is 4.79 Å². The highest BCUT2D eigenvalue weighted by molar-refractivity contribution is 7.95. The number of nitrogens with two attached hydrogens (primary N) is 1. The van der Waals surface area contributed by atoms with Crippen molar-refractivity contribution in [1.29, 1.82) is 0 Å². The second kappa shape index (κ2) is 17.8. The van der Waals surface area contributed by atoms with Crippen LogP contribution in [0.1, 0.15) is 96.8 Å². The molecule has 0 radical (unpaired) electrons. The van der Waals surface area contributed by atoms with Gasteiger partial charge >= 0.3 is 0 Å². The molecule has 4 N–H and O–H groups in total. The molecule has 0 atom stereocenters. The third kappa shape index (κ3) is 17.7. The van der Waals surface area contributed by atoms with Gasteiger partial charge in [0.05, 0.1) is 0 Å². The van der Waals surface area contributed by atoms with Crippen molar-refractivity contribution in [3.63, 3.8) is 0 Å². The molecule has 0 rings (SSSR count). The van der Waals surface area contributed by atoms with Gasteiger partial charge in [-0.1, -0.05) is 84.0 Å². The van der Waals surface area contributed by atoms with E-state index in [0.29, 0.717) is 6.42 Å². The minimum absolute atomic E-state index is 0.0241. The summed E-state index contributed by atoms with van der Waals surface area (Å²) in [5.41, 5.74) is 2.52. The number of amides is 1. The van der Waals surface area contributed by atoms with Crippen molar-refractivity contribution in [3.05, 3.63) is 0 Å². The van der Waals surface area contributed by atoms with Gasteiger partial charge in [-0.05, 0) is 6.42 Å². The third-order valence-corrected chi connectivity index (χ3v) is 3.98. The van der Waals surface area contributed by atoms with E-state index < -0.39 is 0 Å². The molecule has 0 aromatic carbocycles. The van der Waals surface area contributed by atoms with E-state index >= 15 is 0 Å². The van der Waals surface area contributed by atoms with Crippen molar-refractivity contribution in [2.75, 3.05) is 0 Å². The molecule has 0 aliphatic heterocycles. The van der Waals surface area contributed by atoms with Crippen LogP contribution in [-0.2, 0) is 4.79 Å². The first kappa shape index (κ1) is 20.7. The van der Waals surface area contributed by atoms with E-state index in [2.05, 4.69) is 17.2 Å². The average molecular weight is 318 g/mol. The number of carbonyl (C=O) groups excluding carboxylic acids is 1. The molecule has 0 aliphatic rings. The molecule has 0 heterocycles. The molecule has 0 aromatic heterocycles. The highest BCUT2D eigenvalue weighted by Gasteiger charge is 1.99. The van der Waals surface area contributed by atoms with Gasteiger partial charge in [-0.3, -0.25) is 15.4 Å². The average Bonchev–Trinajstić information content (AvgIpc) is 2.49. The molecule has 21 heavy (non-hydrogen) atoms. The molecular formula is C16H35N3OS. The summed E-state index contributed by atoms with van der Waals surface area (Å²) < 4.78 is 0. The van der Waals surface area contributed by atoms with E-state index in [1.165, 1.54) is 70.6 Å². The first-order valence-electron chi connectivity index (χ1n) is 8.70. The molecule has 0 spiro atoms. The standard InChI is InChI=1S/C16H35N3OS/c1-2-3-4-5-6-7-8-9-10-11-12-13-14-15-16(20)18-19-21-17/h19H,2-15,17H2,1H3,(H,18,20). The first-order chi connectivity index (χ1) is 10.3. The summed E-state index contributed by atoms with van der Waals surface area (Å²) in [6.07, 6.45) is 17.8. The molecule has 1 amide bonds. The number of nitrogens with one attached hydrogen (secondary N) is 2. The summed E-state index contributed by atoms with van der Waals surface area (Å²) in [6.45, 7) is 2.27. The minimum atomic E-state index is 0.0241. The number of hydrogen-bond acceptors (Lipinski definition) is 4. The van der Waals surface area contributed by atoms with Crippen LogP contribution >= 0.6 is 12.1 Å². The molecular weight excluding hydrogens is 282 g/mol. The lowest BCUT2D eigenvalue weighted by atomic mass is 10.0. The third-order valence-electron chi connectivity index (χ3n) is 3.76. The van der Waals surface area contributed by atoms with E-state index in [9.17, 15) is 4.79 Å². The van der Waals surface area contributed by atoms with Crippen molar-refractivity contribution >= 4 is 18.0 Å². The Morgan fingerprint density at radius 2 is 1.24 bits per heavy atom. The lowest BCUT2D eigenvalue weighted by Gasteiger charge is -2.04. The van der Waals surface area contributed by atoms with Crippen LogP contribution in [-0.4, -0.2) is 5.91 Å². The predicted octanol–water partition coefficient (Wildman–Crippen LogP) is 4.61. The largest absolute Gasteiger partial charge is 0.281 e. The number of rotatable bonds is 16. The second-order valence-corrected chi connectivity index (χ2v) is 6.20. The smallest absolute Gasteiger partial charge is 0.234 e. The van der Waals surface area contributed by atoms with Crippen molar-refractivity contribution in [2.24, 2.45) is 5.14 Å².